The van der Waals surface area contributed by atoms with Gasteiger partial charge in [0.2, 0.25) is 11.8 Å². The van der Waals surface area contributed by atoms with Gasteiger partial charge in [-0.05, 0) is 46.1 Å². The summed E-state index contributed by atoms with van der Waals surface area (Å²) >= 11 is 0. The molecule has 1 heterocycles. The van der Waals surface area contributed by atoms with Gasteiger partial charge in [0.25, 0.3) is 0 Å². The summed E-state index contributed by atoms with van der Waals surface area (Å²) in [7, 11) is 0. The van der Waals surface area contributed by atoms with E-state index >= 15 is 0 Å². The minimum Gasteiger partial charge on any atom is -0.444 e. The van der Waals surface area contributed by atoms with Crippen LogP contribution in [0.4, 0.5) is 4.79 Å². The fraction of sp³-hybridized carbons (Fsp3) is 0.591. The number of nitrogens with one attached hydrogen (secondary N) is 2. The SMILES string of the molecule is Cc1ccc(CC(=O)NC2CCN(C(=O)CCNC(=O)OC(C)(C)C)CC2)cc1. The zero-order chi connectivity index (χ0) is 21.4. The molecule has 29 heavy (non-hydrogen) atoms. The Morgan fingerprint density at radius 2 is 1.72 bits per heavy atom. The number of hydrogen-bond donors (Lipinski definition) is 2. The second kappa shape index (κ2) is 10.3. The lowest BCUT2D eigenvalue weighted by molar-refractivity contribution is -0.132. The highest BCUT2D eigenvalue weighted by molar-refractivity contribution is 5.79. The standard InChI is InChI=1S/C22H33N3O4/c1-16-5-7-17(8-6-16)15-19(26)24-18-10-13-25(14-11-18)20(27)9-12-23-21(28)29-22(2,3)4/h5-8,18H,9-15H2,1-4H3,(H,23,28)(H,24,26). The average Bonchev–Trinajstić information content (AvgIpc) is 2.62. The summed E-state index contributed by atoms with van der Waals surface area (Å²) in [5.74, 6) is 0.0191. The molecule has 0 aromatic heterocycles. The number of carbonyl (C=O) groups excluding carboxylic acids is 3. The zero-order valence-electron chi connectivity index (χ0n) is 17.9. The number of ether oxygens (including phenoxy) is 1. The van der Waals surface area contributed by atoms with Gasteiger partial charge in [-0.25, -0.2) is 4.79 Å². The van der Waals surface area contributed by atoms with E-state index in [9.17, 15) is 14.4 Å². The Balaban J connectivity index is 1.65. The van der Waals surface area contributed by atoms with Crippen molar-refractivity contribution in [3.8, 4) is 0 Å². The van der Waals surface area contributed by atoms with Crippen LogP contribution in [0.25, 0.3) is 0 Å². The lowest BCUT2D eigenvalue weighted by Crippen LogP contribution is -2.47. The van der Waals surface area contributed by atoms with Gasteiger partial charge in [0.15, 0.2) is 0 Å². The first kappa shape index (κ1) is 22.7. The van der Waals surface area contributed by atoms with Crippen molar-refractivity contribution in [2.45, 2.75) is 65.0 Å². The van der Waals surface area contributed by atoms with Crippen LogP contribution in [0.2, 0.25) is 0 Å². The van der Waals surface area contributed by atoms with Gasteiger partial charge in [-0.3, -0.25) is 9.59 Å². The number of amides is 3. The molecule has 0 saturated carbocycles. The van der Waals surface area contributed by atoms with E-state index in [0.717, 1.165) is 18.4 Å². The van der Waals surface area contributed by atoms with Gasteiger partial charge >= 0.3 is 6.09 Å². The van der Waals surface area contributed by atoms with E-state index in [1.54, 1.807) is 25.7 Å². The van der Waals surface area contributed by atoms with E-state index in [4.69, 9.17) is 4.74 Å². The predicted octanol–water partition coefficient (Wildman–Crippen LogP) is 2.56. The molecule has 160 valence electrons. The van der Waals surface area contributed by atoms with Gasteiger partial charge in [-0.15, -0.1) is 0 Å². The highest BCUT2D eigenvalue weighted by atomic mass is 16.6. The Morgan fingerprint density at radius 1 is 1.10 bits per heavy atom. The van der Waals surface area contributed by atoms with Crippen LogP contribution in [0, 0.1) is 6.92 Å². The second-order valence-electron chi connectivity index (χ2n) is 8.56. The molecule has 0 unspecified atom stereocenters. The number of benzene rings is 1. The molecule has 0 spiro atoms. The molecule has 1 aromatic carbocycles. The highest BCUT2D eigenvalue weighted by Gasteiger charge is 2.24. The zero-order valence-corrected chi connectivity index (χ0v) is 17.9. The maximum Gasteiger partial charge on any atom is 0.407 e. The third-order valence-electron chi connectivity index (χ3n) is 4.71. The molecule has 0 atom stereocenters. The highest BCUT2D eigenvalue weighted by Crippen LogP contribution is 2.12. The van der Waals surface area contributed by atoms with E-state index in [1.807, 2.05) is 31.2 Å². The van der Waals surface area contributed by atoms with E-state index in [0.29, 0.717) is 19.5 Å². The molecule has 0 radical (unpaired) electrons. The molecular formula is C22H33N3O4. The number of aryl methyl sites for hydroxylation is 1. The largest absolute Gasteiger partial charge is 0.444 e. The van der Waals surface area contributed by atoms with Crippen molar-refractivity contribution in [1.29, 1.82) is 0 Å². The Labute approximate surface area is 173 Å². The van der Waals surface area contributed by atoms with Gasteiger partial charge < -0.3 is 20.3 Å². The van der Waals surface area contributed by atoms with Gasteiger partial charge in [-0.2, -0.15) is 0 Å². The average molecular weight is 404 g/mol. The van der Waals surface area contributed by atoms with Gasteiger partial charge in [0, 0.05) is 32.1 Å². The lowest BCUT2D eigenvalue weighted by atomic mass is 10.0. The van der Waals surface area contributed by atoms with Gasteiger partial charge in [0.1, 0.15) is 5.60 Å². The predicted molar refractivity (Wildman–Crippen MR) is 111 cm³/mol. The number of rotatable bonds is 6. The van der Waals surface area contributed by atoms with Crippen molar-refractivity contribution < 1.29 is 19.1 Å². The first-order chi connectivity index (χ1) is 13.6. The smallest absolute Gasteiger partial charge is 0.407 e. The number of alkyl carbamates (subject to hydrolysis) is 1. The van der Waals surface area contributed by atoms with Crippen molar-refractivity contribution in [1.82, 2.24) is 15.5 Å². The number of piperidine rings is 1. The quantitative estimate of drug-likeness (QED) is 0.764. The third-order valence-corrected chi connectivity index (χ3v) is 4.71. The maximum absolute atomic E-state index is 12.3. The van der Waals surface area contributed by atoms with Gasteiger partial charge in [-0.1, -0.05) is 29.8 Å². The molecule has 2 N–H and O–H groups in total. The normalized spacial score (nSPS) is 15.0. The number of likely N-dealkylation sites (tertiary alicyclic amines) is 1. The molecule has 1 saturated heterocycles. The molecule has 1 aromatic rings. The molecule has 1 aliphatic rings. The van der Waals surface area contributed by atoms with E-state index in [1.165, 1.54) is 5.56 Å². The summed E-state index contributed by atoms with van der Waals surface area (Å²) < 4.78 is 5.15. The van der Waals surface area contributed by atoms with Crippen molar-refractivity contribution in [2.75, 3.05) is 19.6 Å². The Kier molecular flexibility index (Phi) is 8.05. The first-order valence-electron chi connectivity index (χ1n) is 10.2. The molecule has 2 rings (SSSR count). The van der Waals surface area contributed by atoms with E-state index in [2.05, 4.69) is 10.6 Å². The summed E-state index contributed by atoms with van der Waals surface area (Å²) in [6.45, 7) is 8.87. The van der Waals surface area contributed by atoms with Crippen LogP contribution < -0.4 is 10.6 Å². The summed E-state index contributed by atoms with van der Waals surface area (Å²) in [6.07, 6.45) is 1.58. The van der Waals surface area contributed by atoms with Crippen LogP contribution in [0.5, 0.6) is 0 Å². The molecular weight excluding hydrogens is 370 g/mol. The van der Waals surface area contributed by atoms with E-state index < -0.39 is 11.7 Å². The number of carbonyl (C=O) groups is 3. The third kappa shape index (κ3) is 8.54. The summed E-state index contributed by atoms with van der Waals surface area (Å²) in [6, 6.07) is 8.05. The minimum atomic E-state index is -0.556. The van der Waals surface area contributed by atoms with Crippen LogP contribution >= 0.6 is 0 Å². The molecule has 3 amide bonds. The Hall–Kier alpha value is -2.57. The van der Waals surface area contributed by atoms with Crippen LogP contribution in [0.1, 0.15) is 51.2 Å². The topological polar surface area (TPSA) is 87.7 Å². The van der Waals surface area contributed by atoms with Crippen molar-refractivity contribution >= 4 is 17.9 Å². The first-order valence-corrected chi connectivity index (χ1v) is 10.2. The molecule has 7 heteroatoms. The molecule has 7 nitrogen and oxygen atoms in total. The lowest BCUT2D eigenvalue weighted by Gasteiger charge is -2.32. The maximum atomic E-state index is 12.3. The van der Waals surface area contributed by atoms with Crippen LogP contribution in [0.3, 0.4) is 0 Å². The fourth-order valence-corrected chi connectivity index (χ4v) is 3.19. The van der Waals surface area contributed by atoms with Crippen molar-refractivity contribution in [2.24, 2.45) is 0 Å². The van der Waals surface area contributed by atoms with Crippen LogP contribution in [-0.2, 0) is 20.7 Å². The Morgan fingerprint density at radius 3 is 2.31 bits per heavy atom. The number of nitrogens with zero attached hydrogens (tertiary/aromatic N) is 1. The molecule has 0 aliphatic carbocycles. The van der Waals surface area contributed by atoms with Crippen molar-refractivity contribution in [3.05, 3.63) is 35.4 Å². The minimum absolute atomic E-state index is 0.00508. The van der Waals surface area contributed by atoms with Crippen molar-refractivity contribution in [3.63, 3.8) is 0 Å². The van der Waals surface area contributed by atoms with E-state index in [-0.39, 0.29) is 30.8 Å². The summed E-state index contributed by atoms with van der Waals surface area (Å²) in [4.78, 5) is 38.0. The van der Waals surface area contributed by atoms with Crippen LogP contribution in [0.15, 0.2) is 24.3 Å². The molecule has 1 aliphatic heterocycles. The molecule has 1 fully saturated rings. The summed E-state index contributed by atoms with van der Waals surface area (Å²) in [5.41, 5.74) is 1.62. The fourth-order valence-electron chi connectivity index (χ4n) is 3.19. The van der Waals surface area contributed by atoms with Crippen LogP contribution in [-0.4, -0.2) is 54.1 Å². The van der Waals surface area contributed by atoms with Gasteiger partial charge in [0.05, 0.1) is 6.42 Å². The molecule has 0 bridgehead atoms. The number of hydrogen-bond acceptors (Lipinski definition) is 4. The Bertz CT molecular complexity index is 702. The second-order valence-corrected chi connectivity index (χ2v) is 8.56. The monoisotopic (exact) mass is 403 g/mol. The summed E-state index contributed by atoms with van der Waals surface area (Å²) in [5, 5.41) is 5.68.